The van der Waals surface area contributed by atoms with Crippen molar-refractivity contribution in [3.63, 3.8) is 0 Å². The largest absolute Gasteiger partial charge is 0.850 e. The summed E-state index contributed by atoms with van der Waals surface area (Å²) >= 11 is 0. The van der Waals surface area contributed by atoms with Crippen LogP contribution in [0.15, 0.2) is 0 Å². The van der Waals surface area contributed by atoms with Crippen LogP contribution in [0.3, 0.4) is 0 Å². The summed E-state index contributed by atoms with van der Waals surface area (Å²) in [6.45, 7) is 9.79. The van der Waals surface area contributed by atoms with Crippen molar-refractivity contribution >= 4 is 19.8 Å². The fourth-order valence-electron chi connectivity index (χ4n) is 0. The molecule has 0 amide bonds. The molecule has 0 unspecified atom stereocenters. The summed E-state index contributed by atoms with van der Waals surface area (Å²) in [4.78, 5) is 0. The second-order valence-corrected chi connectivity index (χ2v) is 4.22. The predicted molar refractivity (Wildman–Crippen MR) is 47.4 cm³/mol. The Kier molecular flexibility index (Phi) is 9.78. The van der Waals surface area contributed by atoms with Gasteiger partial charge in [0.2, 0.25) is 0 Å². The van der Waals surface area contributed by atoms with E-state index in [1.165, 1.54) is 0 Å². The number of hydrogen-bond acceptors (Lipinski definition) is 2. The Hall–Kier alpha value is 0.556. The zero-order valence-electron chi connectivity index (χ0n) is 8.39. The van der Waals surface area contributed by atoms with Gasteiger partial charge in [-0.15, -0.1) is 11.2 Å². The first-order valence-corrected chi connectivity index (χ1v) is 3.41. The van der Waals surface area contributed by atoms with Crippen molar-refractivity contribution in [1.82, 2.24) is 0 Å². The van der Waals surface area contributed by atoms with E-state index in [0.717, 1.165) is 0 Å². The molecular formula is C8H20GaO2-2. The van der Waals surface area contributed by atoms with E-state index in [0.29, 0.717) is 0 Å². The van der Waals surface area contributed by atoms with Gasteiger partial charge in [0.15, 0.2) is 0 Å². The topological polar surface area (TPSA) is 46.1 Å². The molecule has 0 bridgehead atoms. The van der Waals surface area contributed by atoms with Gasteiger partial charge in [-0.05, 0) is 0 Å². The van der Waals surface area contributed by atoms with Crippen LogP contribution in [0.1, 0.15) is 43.0 Å². The molecule has 2 nitrogen and oxygen atoms in total. The molecular weight excluding hydrogens is 198 g/mol. The van der Waals surface area contributed by atoms with Gasteiger partial charge in [0.25, 0.3) is 0 Å². The van der Waals surface area contributed by atoms with Crippen molar-refractivity contribution in [2.45, 2.75) is 52.7 Å². The molecule has 0 aromatic heterocycles. The molecule has 0 rings (SSSR count). The molecule has 0 fully saturated rings. The summed E-state index contributed by atoms with van der Waals surface area (Å²) in [6.07, 6.45) is 0. The molecule has 0 N–H and O–H groups in total. The molecule has 0 saturated carbocycles. The molecule has 0 saturated heterocycles. The van der Waals surface area contributed by atoms with Gasteiger partial charge in [-0.3, -0.25) is 0 Å². The molecule has 11 heavy (non-hydrogen) atoms. The molecule has 0 atom stereocenters. The van der Waals surface area contributed by atoms with E-state index in [9.17, 15) is 10.2 Å². The SMILES string of the molecule is CC(C)(C)[O-].CC(C)(C)[O-].[Ga].[HH]. The van der Waals surface area contributed by atoms with Gasteiger partial charge in [0, 0.05) is 21.2 Å². The quantitative estimate of drug-likeness (QED) is 0.543. The average Bonchev–Trinajstić information content (AvgIpc) is 1.12. The molecule has 0 aliphatic carbocycles. The minimum absolute atomic E-state index is 0. The van der Waals surface area contributed by atoms with Gasteiger partial charge >= 0.3 is 0 Å². The Balaban J connectivity index is -0.0000000457. The molecule has 0 heterocycles. The summed E-state index contributed by atoms with van der Waals surface area (Å²) in [5.41, 5.74) is -1.50. The van der Waals surface area contributed by atoms with Gasteiger partial charge in [-0.1, -0.05) is 41.5 Å². The normalized spacial score (nSPS) is 10.9. The summed E-state index contributed by atoms with van der Waals surface area (Å²) in [7, 11) is 0. The van der Waals surface area contributed by atoms with Crippen LogP contribution in [0.2, 0.25) is 0 Å². The Bertz CT molecular complexity index is 60.0. The molecule has 69 valence electrons. The van der Waals surface area contributed by atoms with E-state index < -0.39 is 11.2 Å². The van der Waals surface area contributed by atoms with Crippen LogP contribution in [0.5, 0.6) is 0 Å². The first-order chi connectivity index (χ1) is 4.00. The average molecular weight is 218 g/mol. The van der Waals surface area contributed by atoms with Crippen molar-refractivity contribution in [3.8, 4) is 0 Å². The smallest absolute Gasteiger partial charge is 0 e. The zero-order chi connectivity index (χ0) is 9.00. The summed E-state index contributed by atoms with van der Waals surface area (Å²) in [5.74, 6) is 0. The third kappa shape index (κ3) is 2500. The Labute approximate surface area is 84.6 Å². The monoisotopic (exact) mass is 217 g/mol. The first-order valence-electron chi connectivity index (χ1n) is 3.41. The van der Waals surface area contributed by atoms with Crippen molar-refractivity contribution in [1.29, 1.82) is 0 Å². The number of rotatable bonds is 0. The van der Waals surface area contributed by atoms with Crippen molar-refractivity contribution in [2.24, 2.45) is 0 Å². The number of hydrogen-bond donors (Lipinski definition) is 0. The van der Waals surface area contributed by atoms with Crippen LogP contribution in [-0.2, 0) is 0 Å². The summed E-state index contributed by atoms with van der Waals surface area (Å²) in [6, 6.07) is 0. The maximum absolute atomic E-state index is 10.1. The fraction of sp³-hybridized carbons (Fsp3) is 1.00. The van der Waals surface area contributed by atoms with Gasteiger partial charge in [0.1, 0.15) is 0 Å². The predicted octanol–water partition coefficient (Wildman–Crippen LogP) is 0.156. The van der Waals surface area contributed by atoms with Gasteiger partial charge in [-0.25, -0.2) is 0 Å². The minimum atomic E-state index is -0.750. The standard InChI is InChI=1S/2C4H9O.Ga.H2/c2*1-4(2,3)5;;/h2*1-3H3;;1H/q2*-1;;. The van der Waals surface area contributed by atoms with Gasteiger partial charge < -0.3 is 10.2 Å². The second-order valence-electron chi connectivity index (χ2n) is 4.22. The minimum Gasteiger partial charge on any atom is -0.850 e. The van der Waals surface area contributed by atoms with Crippen LogP contribution >= 0.6 is 0 Å². The molecule has 3 heteroatoms. The van der Waals surface area contributed by atoms with Crippen LogP contribution < -0.4 is 10.2 Å². The molecule has 3 radical (unpaired) electrons. The van der Waals surface area contributed by atoms with Crippen molar-refractivity contribution in [2.75, 3.05) is 0 Å². The Morgan fingerprint density at radius 2 is 0.727 bits per heavy atom. The third-order valence-corrected chi connectivity index (χ3v) is 0. The third-order valence-electron chi connectivity index (χ3n) is 0. The second kappa shape index (κ2) is 6.11. The van der Waals surface area contributed by atoms with E-state index in [1.54, 1.807) is 41.5 Å². The summed E-state index contributed by atoms with van der Waals surface area (Å²) < 4.78 is 0. The van der Waals surface area contributed by atoms with Gasteiger partial charge in [0.05, 0.1) is 0 Å². The van der Waals surface area contributed by atoms with Crippen LogP contribution in [0, 0.1) is 0 Å². The first kappa shape index (κ1) is 17.6. The molecule has 0 aliphatic heterocycles. The van der Waals surface area contributed by atoms with Gasteiger partial charge in [-0.2, -0.15) is 0 Å². The van der Waals surface area contributed by atoms with E-state index in [-0.39, 0.29) is 21.2 Å². The van der Waals surface area contributed by atoms with E-state index in [4.69, 9.17) is 0 Å². The Morgan fingerprint density at radius 3 is 0.727 bits per heavy atom. The zero-order valence-corrected chi connectivity index (χ0v) is 10.8. The maximum atomic E-state index is 10.1. The Morgan fingerprint density at radius 1 is 0.727 bits per heavy atom. The van der Waals surface area contributed by atoms with Crippen LogP contribution in [0.4, 0.5) is 0 Å². The maximum Gasteiger partial charge on any atom is 0 e. The van der Waals surface area contributed by atoms with Crippen molar-refractivity contribution < 1.29 is 11.6 Å². The van der Waals surface area contributed by atoms with Crippen LogP contribution in [-0.4, -0.2) is 31.0 Å². The van der Waals surface area contributed by atoms with Crippen LogP contribution in [0.25, 0.3) is 0 Å². The van der Waals surface area contributed by atoms with E-state index >= 15 is 0 Å². The molecule has 0 aromatic rings. The fourth-order valence-corrected chi connectivity index (χ4v) is 0. The molecule has 0 aromatic carbocycles. The summed E-state index contributed by atoms with van der Waals surface area (Å²) in [5, 5.41) is 20.2. The molecule has 0 aliphatic rings. The van der Waals surface area contributed by atoms with E-state index in [1.807, 2.05) is 0 Å². The molecule has 0 spiro atoms. The van der Waals surface area contributed by atoms with Crippen molar-refractivity contribution in [3.05, 3.63) is 0 Å². The van der Waals surface area contributed by atoms with E-state index in [2.05, 4.69) is 0 Å².